The molecule has 0 aliphatic heterocycles. The van der Waals surface area contributed by atoms with Crippen LogP contribution in [0.25, 0.3) is 10.1 Å². The van der Waals surface area contributed by atoms with E-state index in [1.807, 2.05) is 11.3 Å². The highest BCUT2D eigenvalue weighted by molar-refractivity contribution is 7.17. The predicted octanol–water partition coefficient (Wildman–Crippen LogP) is 5.17. The summed E-state index contributed by atoms with van der Waals surface area (Å²) >= 11 is 1.93. The molecule has 2 aliphatic carbocycles. The number of hydrogen-bond acceptors (Lipinski definition) is 2. The molecule has 0 spiro atoms. The van der Waals surface area contributed by atoms with Crippen molar-refractivity contribution in [2.24, 2.45) is 11.8 Å². The molecule has 2 aliphatic rings. The minimum Gasteiger partial charge on any atom is -0.314 e. The van der Waals surface area contributed by atoms with Gasteiger partial charge in [0.25, 0.3) is 0 Å². The molecule has 1 heterocycles. The largest absolute Gasteiger partial charge is 0.314 e. The van der Waals surface area contributed by atoms with Crippen LogP contribution in [0.1, 0.15) is 50.5 Å². The molecule has 0 radical (unpaired) electrons. The van der Waals surface area contributed by atoms with E-state index < -0.39 is 0 Å². The second-order valence-corrected chi connectivity index (χ2v) is 8.07. The molecule has 2 heteroatoms. The molecule has 1 aromatic carbocycles. The maximum atomic E-state index is 3.79. The van der Waals surface area contributed by atoms with Gasteiger partial charge in [0, 0.05) is 10.7 Å². The first kappa shape index (κ1) is 13.8. The van der Waals surface area contributed by atoms with Crippen LogP contribution in [0.15, 0.2) is 29.6 Å². The van der Waals surface area contributed by atoms with Gasteiger partial charge in [0.15, 0.2) is 0 Å². The van der Waals surface area contributed by atoms with Crippen molar-refractivity contribution in [2.75, 3.05) is 6.54 Å². The van der Waals surface area contributed by atoms with Gasteiger partial charge in [0.05, 0.1) is 0 Å². The van der Waals surface area contributed by atoms with Gasteiger partial charge in [-0.1, -0.05) is 31.5 Å². The molecule has 1 aromatic heterocycles. The van der Waals surface area contributed by atoms with Crippen LogP contribution in [-0.4, -0.2) is 12.6 Å². The molecule has 0 saturated heterocycles. The number of benzene rings is 1. The van der Waals surface area contributed by atoms with Crippen molar-refractivity contribution < 1.29 is 0 Å². The number of hydrogen-bond donors (Lipinski definition) is 1. The van der Waals surface area contributed by atoms with Gasteiger partial charge in [-0.2, -0.15) is 0 Å². The van der Waals surface area contributed by atoms with Crippen LogP contribution < -0.4 is 5.32 Å². The Morgan fingerprint density at radius 3 is 2.90 bits per heavy atom. The molecule has 2 saturated carbocycles. The van der Waals surface area contributed by atoms with Crippen molar-refractivity contribution in [2.45, 2.75) is 51.0 Å². The Labute approximate surface area is 131 Å². The van der Waals surface area contributed by atoms with Crippen molar-refractivity contribution >= 4 is 21.4 Å². The van der Waals surface area contributed by atoms with Gasteiger partial charge in [-0.3, -0.25) is 0 Å². The second-order valence-electron chi connectivity index (χ2n) is 7.15. The monoisotopic (exact) mass is 299 g/mol. The zero-order valence-electron chi connectivity index (χ0n) is 12.8. The van der Waals surface area contributed by atoms with Crippen LogP contribution in [-0.2, 0) is 0 Å². The molecule has 21 heavy (non-hydrogen) atoms. The number of nitrogens with one attached hydrogen (secondary N) is 1. The van der Waals surface area contributed by atoms with Gasteiger partial charge < -0.3 is 5.32 Å². The zero-order chi connectivity index (χ0) is 14.2. The Morgan fingerprint density at radius 2 is 2.05 bits per heavy atom. The number of thiophene rings is 1. The van der Waals surface area contributed by atoms with Crippen molar-refractivity contribution in [1.29, 1.82) is 0 Å². The van der Waals surface area contributed by atoms with Crippen LogP contribution in [0, 0.1) is 11.8 Å². The Balaban J connectivity index is 1.62. The smallest absolute Gasteiger partial charge is 0.0377 e. The summed E-state index contributed by atoms with van der Waals surface area (Å²) in [5, 5.41) is 7.47. The highest BCUT2D eigenvalue weighted by Gasteiger charge is 2.32. The lowest BCUT2D eigenvalue weighted by Crippen LogP contribution is -2.32. The summed E-state index contributed by atoms with van der Waals surface area (Å²) in [6, 6.07) is 10.0. The summed E-state index contributed by atoms with van der Waals surface area (Å²) in [5.41, 5.74) is 1.62. The van der Waals surface area contributed by atoms with Crippen molar-refractivity contribution in [1.82, 2.24) is 5.32 Å². The lowest BCUT2D eigenvalue weighted by atomic mass is 9.71. The fourth-order valence-corrected chi connectivity index (χ4v) is 4.96. The van der Waals surface area contributed by atoms with E-state index in [0.29, 0.717) is 0 Å². The normalized spacial score (nSPS) is 29.9. The van der Waals surface area contributed by atoms with Gasteiger partial charge in [-0.25, -0.2) is 0 Å². The molecule has 112 valence electrons. The molecule has 4 rings (SSSR count). The Bertz CT molecular complexity index is 613. The highest BCUT2D eigenvalue weighted by atomic mass is 32.1. The fraction of sp³-hybridized carbons (Fsp3) is 0.579. The van der Waals surface area contributed by atoms with E-state index in [1.165, 1.54) is 48.7 Å². The van der Waals surface area contributed by atoms with Crippen molar-refractivity contribution in [3.63, 3.8) is 0 Å². The lowest BCUT2D eigenvalue weighted by molar-refractivity contribution is 0.242. The standard InChI is InChI=1S/C19H25NS/c1-13-5-6-15(12-20-16-7-8-16)18(11-13)17-4-2-3-14-9-10-21-19(14)17/h2-4,9-10,13,15-16,18,20H,5-8,11-12H2,1H3. The quantitative estimate of drug-likeness (QED) is 0.821. The average Bonchev–Trinajstić information content (AvgIpc) is 3.20. The summed E-state index contributed by atoms with van der Waals surface area (Å²) in [5.74, 6) is 2.46. The third-order valence-electron chi connectivity index (χ3n) is 5.41. The van der Waals surface area contributed by atoms with E-state index in [4.69, 9.17) is 0 Å². The molecule has 1 nitrogen and oxygen atoms in total. The third kappa shape index (κ3) is 2.89. The van der Waals surface area contributed by atoms with Gasteiger partial charge in [0.2, 0.25) is 0 Å². The van der Waals surface area contributed by atoms with E-state index in [1.54, 1.807) is 5.56 Å². The second kappa shape index (κ2) is 5.73. The van der Waals surface area contributed by atoms with E-state index >= 15 is 0 Å². The number of fused-ring (bicyclic) bond motifs is 1. The average molecular weight is 299 g/mol. The molecule has 0 amide bonds. The molecule has 3 atom stereocenters. The van der Waals surface area contributed by atoms with E-state index in [0.717, 1.165) is 23.8 Å². The maximum absolute atomic E-state index is 3.79. The van der Waals surface area contributed by atoms with Gasteiger partial charge >= 0.3 is 0 Å². The van der Waals surface area contributed by atoms with Gasteiger partial charge in [-0.05, 0) is 72.4 Å². The minimum absolute atomic E-state index is 0.752. The van der Waals surface area contributed by atoms with Crippen LogP contribution in [0.3, 0.4) is 0 Å². The zero-order valence-corrected chi connectivity index (χ0v) is 13.7. The van der Waals surface area contributed by atoms with Crippen molar-refractivity contribution in [3.05, 3.63) is 35.2 Å². The summed E-state index contributed by atoms with van der Waals surface area (Å²) in [4.78, 5) is 0. The van der Waals surface area contributed by atoms with Gasteiger partial charge in [-0.15, -0.1) is 11.3 Å². The van der Waals surface area contributed by atoms with Crippen LogP contribution in [0.4, 0.5) is 0 Å². The molecule has 3 unspecified atom stereocenters. The topological polar surface area (TPSA) is 12.0 Å². The first-order valence-corrected chi connectivity index (χ1v) is 9.38. The summed E-state index contributed by atoms with van der Waals surface area (Å²) in [6.07, 6.45) is 6.97. The Hall–Kier alpha value is -0.860. The first-order chi connectivity index (χ1) is 10.3. The van der Waals surface area contributed by atoms with E-state index in [9.17, 15) is 0 Å². The van der Waals surface area contributed by atoms with E-state index in [2.05, 4.69) is 41.9 Å². The van der Waals surface area contributed by atoms with Crippen LogP contribution >= 0.6 is 11.3 Å². The lowest BCUT2D eigenvalue weighted by Gasteiger charge is -2.36. The predicted molar refractivity (Wildman–Crippen MR) is 92.1 cm³/mol. The minimum atomic E-state index is 0.752. The van der Waals surface area contributed by atoms with Gasteiger partial charge in [0.1, 0.15) is 0 Å². The molecular weight excluding hydrogens is 274 g/mol. The SMILES string of the molecule is CC1CCC(CNC2CC2)C(c2cccc3ccsc23)C1. The first-order valence-electron chi connectivity index (χ1n) is 8.51. The van der Waals surface area contributed by atoms with E-state index in [-0.39, 0.29) is 0 Å². The third-order valence-corrected chi connectivity index (χ3v) is 6.39. The van der Waals surface area contributed by atoms with Crippen LogP contribution in [0.5, 0.6) is 0 Å². The number of rotatable bonds is 4. The molecule has 2 fully saturated rings. The van der Waals surface area contributed by atoms with Crippen LogP contribution in [0.2, 0.25) is 0 Å². The van der Waals surface area contributed by atoms with Crippen molar-refractivity contribution in [3.8, 4) is 0 Å². The summed E-state index contributed by atoms with van der Waals surface area (Å²) in [6.45, 7) is 3.66. The molecule has 1 N–H and O–H groups in total. The Morgan fingerprint density at radius 1 is 1.14 bits per heavy atom. The summed E-state index contributed by atoms with van der Waals surface area (Å²) in [7, 11) is 0. The Kier molecular flexibility index (Phi) is 3.76. The maximum Gasteiger partial charge on any atom is 0.0377 e. The fourth-order valence-electron chi connectivity index (χ4n) is 3.98. The molecular formula is C19H25NS. The molecule has 2 aromatic rings. The molecule has 0 bridgehead atoms. The highest BCUT2D eigenvalue weighted by Crippen LogP contribution is 2.43. The summed E-state index contributed by atoms with van der Waals surface area (Å²) < 4.78 is 1.54.